The molecule has 2 N–H and O–H groups in total. The van der Waals surface area contributed by atoms with Gasteiger partial charge in [-0.1, -0.05) is 6.07 Å². The molecule has 0 aliphatic rings. The first kappa shape index (κ1) is 17.9. The number of hydrogen-bond donors (Lipinski definition) is 2. The highest BCUT2D eigenvalue weighted by molar-refractivity contribution is 7.89. The fourth-order valence-electron chi connectivity index (χ4n) is 1.50. The number of hydrogen-bond acceptors (Lipinski definition) is 4. The van der Waals surface area contributed by atoms with Gasteiger partial charge < -0.3 is 9.84 Å². The van der Waals surface area contributed by atoms with Crippen LogP contribution in [0, 0.1) is 6.92 Å². The lowest BCUT2D eigenvalue weighted by atomic mass is 10.1. The standard InChI is InChI=1S/C12H16F3NO4S/c1-9-2-3-11(6-10(9)7-17)21(18,19)16-4-5-20-8-12(13,14)15/h2-3,6,16-17H,4-5,7-8H2,1H3. The van der Waals surface area contributed by atoms with E-state index in [1.165, 1.54) is 12.1 Å². The average Bonchev–Trinajstić information content (AvgIpc) is 2.37. The predicted molar refractivity (Wildman–Crippen MR) is 69.2 cm³/mol. The van der Waals surface area contributed by atoms with E-state index in [4.69, 9.17) is 5.11 Å². The van der Waals surface area contributed by atoms with Gasteiger partial charge in [-0.15, -0.1) is 0 Å². The van der Waals surface area contributed by atoms with Crippen molar-refractivity contribution in [3.05, 3.63) is 29.3 Å². The van der Waals surface area contributed by atoms with Crippen molar-refractivity contribution in [2.24, 2.45) is 0 Å². The van der Waals surface area contributed by atoms with E-state index in [1.54, 1.807) is 13.0 Å². The molecule has 0 aromatic heterocycles. The first-order valence-corrected chi connectivity index (χ1v) is 7.48. The second kappa shape index (κ2) is 7.21. The molecule has 120 valence electrons. The largest absolute Gasteiger partial charge is 0.411 e. The van der Waals surface area contributed by atoms with Crippen molar-refractivity contribution >= 4 is 10.0 Å². The van der Waals surface area contributed by atoms with Gasteiger partial charge in [-0.3, -0.25) is 0 Å². The third kappa shape index (κ3) is 6.00. The highest BCUT2D eigenvalue weighted by Gasteiger charge is 2.27. The Morgan fingerprint density at radius 2 is 2.00 bits per heavy atom. The lowest BCUT2D eigenvalue weighted by Crippen LogP contribution is -2.29. The van der Waals surface area contributed by atoms with E-state index in [1.807, 2.05) is 0 Å². The molecule has 0 saturated carbocycles. The van der Waals surface area contributed by atoms with Crippen molar-refractivity contribution in [2.45, 2.75) is 24.6 Å². The molecule has 0 radical (unpaired) electrons. The van der Waals surface area contributed by atoms with Gasteiger partial charge in [-0.05, 0) is 30.2 Å². The number of sulfonamides is 1. The molecule has 1 aromatic carbocycles. The number of ether oxygens (including phenoxy) is 1. The van der Waals surface area contributed by atoms with Crippen molar-refractivity contribution < 1.29 is 31.4 Å². The van der Waals surface area contributed by atoms with Crippen molar-refractivity contribution in [2.75, 3.05) is 19.8 Å². The van der Waals surface area contributed by atoms with Gasteiger partial charge in [0.25, 0.3) is 0 Å². The number of aliphatic hydroxyl groups excluding tert-OH is 1. The van der Waals surface area contributed by atoms with E-state index in [0.29, 0.717) is 5.56 Å². The van der Waals surface area contributed by atoms with Gasteiger partial charge in [0.2, 0.25) is 10.0 Å². The zero-order valence-electron chi connectivity index (χ0n) is 11.3. The summed E-state index contributed by atoms with van der Waals surface area (Å²) in [4.78, 5) is -0.0621. The van der Waals surface area contributed by atoms with E-state index in [2.05, 4.69) is 9.46 Å². The van der Waals surface area contributed by atoms with Crippen LogP contribution in [0.4, 0.5) is 13.2 Å². The van der Waals surface area contributed by atoms with Crippen LogP contribution in [0.2, 0.25) is 0 Å². The topological polar surface area (TPSA) is 75.6 Å². The third-order valence-electron chi connectivity index (χ3n) is 2.61. The normalized spacial score (nSPS) is 12.6. The Balaban J connectivity index is 2.58. The van der Waals surface area contributed by atoms with Gasteiger partial charge in [0, 0.05) is 6.54 Å². The molecule has 0 bridgehead atoms. The van der Waals surface area contributed by atoms with Gasteiger partial charge in [0.05, 0.1) is 18.1 Å². The van der Waals surface area contributed by atoms with Gasteiger partial charge in [0.15, 0.2) is 0 Å². The number of benzene rings is 1. The first-order chi connectivity index (χ1) is 9.65. The van der Waals surface area contributed by atoms with E-state index >= 15 is 0 Å². The number of halogens is 3. The van der Waals surface area contributed by atoms with Crippen LogP contribution in [0.25, 0.3) is 0 Å². The summed E-state index contributed by atoms with van der Waals surface area (Å²) in [6.07, 6.45) is -4.44. The molecule has 0 fully saturated rings. The zero-order chi connectivity index (χ0) is 16.1. The molecular weight excluding hydrogens is 311 g/mol. The molecule has 9 heteroatoms. The minimum absolute atomic E-state index is 0.0621. The van der Waals surface area contributed by atoms with E-state index in [-0.39, 0.29) is 18.0 Å². The summed E-state index contributed by atoms with van der Waals surface area (Å²) in [6.45, 7) is -0.670. The van der Waals surface area contributed by atoms with Crippen LogP contribution in [-0.2, 0) is 21.4 Å². The number of aryl methyl sites for hydroxylation is 1. The summed E-state index contributed by atoms with van der Waals surface area (Å²) < 4.78 is 65.7. The summed E-state index contributed by atoms with van der Waals surface area (Å²) in [5.74, 6) is 0. The molecule has 0 atom stereocenters. The van der Waals surface area contributed by atoms with Crippen LogP contribution in [-0.4, -0.2) is 39.5 Å². The van der Waals surface area contributed by atoms with Crippen LogP contribution < -0.4 is 4.72 Å². The Morgan fingerprint density at radius 3 is 2.57 bits per heavy atom. The molecular formula is C12H16F3NO4S. The number of rotatable bonds is 7. The fraction of sp³-hybridized carbons (Fsp3) is 0.500. The fourth-order valence-corrected chi connectivity index (χ4v) is 2.57. The number of alkyl halides is 3. The maximum Gasteiger partial charge on any atom is 0.411 e. The summed E-state index contributed by atoms with van der Waals surface area (Å²) in [5, 5.41) is 9.09. The quantitative estimate of drug-likeness (QED) is 0.741. The molecule has 5 nitrogen and oxygen atoms in total. The molecule has 0 unspecified atom stereocenters. The summed E-state index contributed by atoms with van der Waals surface area (Å²) in [7, 11) is -3.85. The second-order valence-electron chi connectivity index (χ2n) is 4.31. The summed E-state index contributed by atoms with van der Waals surface area (Å²) in [6, 6.07) is 4.21. The number of nitrogens with one attached hydrogen (secondary N) is 1. The Morgan fingerprint density at radius 1 is 1.33 bits per heavy atom. The van der Waals surface area contributed by atoms with Crippen LogP contribution in [0.3, 0.4) is 0 Å². The Labute approximate surface area is 120 Å². The minimum atomic E-state index is -4.44. The molecule has 0 aliphatic heterocycles. The van der Waals surface area contributed by atoms with Crippen LogP contribution in [0.15, 0.2) is 23.1 Å². The second-order valence-corrected chi connectivity index (χ2v) is 6.08. The first-order valence-electron chi connectivity index (χ1n) is 6.00. The van der Waals surface area contributed by atoms with E-state index < -0.39 is 29.4 Å². The van der Waals surface area contributed by atoms with Crippen LogP contribution in [0.1, 0.15) is 11.1 Å². The molecule has 0 spiro atoms. The van der Waals surface area contributed by atoms with Gasteiger partial charge in [-0.25, -0.2) is 13.1 Å². The van der Waals surface area contributed by atoms with Crippen LogP contribution >= 0.6 is 0 Å². The summed E-state index contributed by atoms with van der Waals surface area (Å²) in [5.41, 5.74) is 1.20. The van der Waals surface area contributed by atoms with Crippen molar-refractivity contribution in [1.82, 2.24) is 4.72 Å². The lowest BCUT2D eigenvalue weighted by Gasteiger charge is -2.10. The highest BCUT2D eigenvalue weighted by Crippen LogP contribution is 2.16. The van der Waals surface area contributed by atoms with Crippen molar-refractivity contribution in [3.63, 3.8) is 0 Å². The molecule has 0 amide bonds. The Kier molecular flexibility index (Phi) is 6.14. The molecule has 1 rings (SSSR count). The smallest absolute Gasteiger partial charge is 0.392 e. The van der Waals surface area contributed by atoms with Gasteiger partial charge >= 0.3 is 6.18 Å². The van der Waals surface area contributed by atoms with Gasteiger partial charge in [0.1, 0.15) is 6.61 Å². The minimum Gasteiger partial charge on any atom is -0.392 e. The maximum absolute atomic E-state index is 11.9. The molecule has 21 heavy (non-hydrogen) atoms. The molecule has 1 aromatic rings. The third-order valence-corrected chi connectivity index (χ3v) is 4.06. The SMILES string of the molecule is Cc1ccc(S(=O)(=O)NCCOCC(F)(F)F)cc1CO. The highest BCUT2D eigenvalue weighted by atomic mass is 32.2. The molecule has 0 aliphatic carbocycles. The Hall–Kier alpha value is -1.16. The Bertz CT molecular complexity index is 572. The van der Waals surface area contributed by atoms with Crippen molar-refractivity contribution in [1.29, 1.82) is 0 Å². The lowest BCUT2D eigenvalue weighted by molar-refractivity contribution is -0.173. The monoisotopic (exact) mass is 327 g/mol. The zero-order valence-corrected chi connectivity index (χ0v) is 12.1. The molecule has 0 saturated heterocycles. The average molecular weight is 327 g/mol. The molecule has 0 heterocycles. The maximum atomic E-state index is 11.9. The van der Waals surface area contributed by atoms with Crippen LogP contribution in [0.5, 0.6) is 0 Å². The summed E-state index contributed by atoms with van der Waals surface area (Å²) >= 11 is 0. The number of aliphatic hydroxyl groups is 1. The van der Waals surface area contributed by atoms with E-state index in [9.17, 15) is 21.6 Å². The predicted octanol–water partition coefficient (Wildman–Crippen LogP) is 1.34. The van der Waals surface area contributed by atoms with Gasteiger partial charge in [-0.2, -0.15) is 13.2 Å². The van der Waals surface area contributed by atoms with Crippen molar-refractivity contribution in [3.8, 4) is 0 Å². The van der Waals surface area contributed by atoms with E-state index in [0.717, 1.165) is 5.56 Å².